The van der Waals surface area contributed by atoms with E-state index in [1.807, 2.05) is 6.07 Å². The van der Waals surface area contributed by atoms with Crippen molar-refractivity contribution < 1.29 is 15.0 Å². The molecule has 2 aromatic carbocycles. The lowest BCUT2D eigenvalue weighted by atomic mass is 10.0. The van der Waals surface area contributed by atoms with Crippen LogP contribution in [-0.4, -0.2) is 16.2 Å². The van der Waals surface area contributed by atoms with E-state index in [-0.39, 0.29) is 11.3 Å². The number of carbonyl (C=O) groups is 1. The number of carboxylic acids is 1. The van der Waals surface area contributed by atoms with E-state index in [1.165, 1.54) is 0 Å². The molecular formula is C12H9BrO3. The Morgan fingerprint density at radius 1 is 1.19 bits per heavy atom. The molecule has 16 heavy (non-hydrogen) atoms. The third kappa shape index (κ3) is 1.88. The molecule has 0 aliphatic heterocycles. The summed E-state index contributed by atoms with van der Waals surface area (Å²) < 4.78 is 0. The number of aromatic hydroxyl groups is 1. The Labute approximate surface area is 100 Å². The van der Waals surface area contributed by atoms with Gasteiger partial charge in [-0.15, -0.1) is 0 Å². The predicted molar refractivity (Wildman–Crippen MR) is 65.2 cm³/mol. The Bertz CT molecular complexity index is 563. The van der Waals surface area contributed by atoms with Crippen molar-refractivity contribution >= 4 is 32.7 Å². The monoisotopic (exact) mass is 280 g/mol. The average molecular weight is 281 g/mol. The van der Waals surface area contributed by atoms with E-state index in [2.05, 4.69) is 15.9 Å². The first-order valence-corrected chi connectivity index (χ1v) is 5.79. The third-order valence-electron chi connectivity index (χ3n) is 2.42. The number of phenolic OH excluding ortho intramolecular Hbond substituents is 1. The van der Waals surface area contributed by atoms with E-state index < -0.39 is 5.97 Å². The minimum Gasteiger partial charge on any atom is -0.508 e. The first-order chi connectivity index (χ1) is 7.61. The van der Waals surface area contributed by atoms with E-state index in [1.54, 1.807) is 24.3 Å². The van der Waals surface area contributed by atoms with Gasteiger partial charge in [-0.3, -0.25) is 0 Å². The molecule has 2 N–H and O–H groups in total. The smallest absolute Gasteiger partial charge is 0.336 e. The minimum absolute atomic E-state index is 0.135. The van der Waals surface area contributed by atoms with Gasteiger partial charge in [0.15, 0.2) is 0 Å². The normalized spacial score (nSPS) is 10.6. The molecule has 0 radical (unpaired) electrons. The fraction of sp³-hybridized carbons (Fsp3) is 0.0833. The quantitative estimate of drug-likeness (QED) is 0.831. The summed E-state index contributed by atoms with van der Waals surface area (Å²) in [5, 5.41) is 20.5. The van der Waals surface area contributed by atoms with Crippen LogP contribution in [0.25, 0.3) is 10.8 Å². The number of phenols is 1. The standard InChI is InChI=1S/C12H9BrO3/c13-6-9-3-7-1-2-10(14)4-8(7)5-11(9)12(15)16/h1-5,14H,6H2,(H,15,16). The van der Waals surface area contributed by atoms with Gasteiger partial charge in [-0.1, -0.05) is 22.0 Å². The van der Waals surface area contributed by atoms with Crippen LogP contribution in [0.15, 0.2) is 30.3 Å². The maximum Gasteiger partial charge on any atom is 0.336 e. The molecule has 0 saturated carbocycles. The van der Waals surface area contributed by atoms with Crippen LogP contribution in [-0.2, 0) is 5.33 Å². The minimum atomic E-state index is -0.959. The second-order valence-electron chi connectivity index (χ2n) is 3.48. The average Bonchev–Trinajstić information content (AvgIpc) is 2.27. The second-order valence-corrected chi connectivity index (χ2v) is 4.04. The highest BCUT2D eigenvalue weighted by Gasteiger charge is 2.10. The SMILES string of the molecule is O=C(O)c1cc2cc(O)ccc2cc1CBr. The maximum atomic E-state index is 11.0. The molecule has 0 bridgehead atoms. The molecule has 82 valence electrons. The molecular weight excluding hydrogens is 272 g/mol. The van der Waals surface area contributed by atoms with Gasteiger partial charge in [0, 0.05) is 5.33 Å². The Morgan fingerprint density at radius 3 is 2.56 bits per heavy atom. The number of benzene rings is 2. The molecule has 0 atom stereocenters. The highest BCUT2D eigenvalue weighted by atomic mass is 79.9. The van der Waals surface area contributed by atoms with Crippen molar-refractivity contribution in [1.82, 2.24) is 0 Å². The number of hydrogen-bond acceptors (Lipinski definition) is 2. The van der Waals surface area contributed by atoms with Gasteiger partial charge >= 0.3 is 5.97 Å². The molecule has 0 fully saturated rings. The Hall–Kier alpha value is -1.55. The molecule has 0 aliphatic carbocycles. The summed E-state index contributed by atoms with van der Waals surface area (Å²) in [4.78, 5) is 11.0. The molecule has 0 saturated heterocycles. The van der Waals surface area contributed by atoms with Gasteiger partial charge in [0.05, 0.1) is 5.56 Å². The fourth-order valence-electron chi connectivity index (χ4n) is 1.64. The lowest BCUT2D eigenvalue weighted by molar-refractivity contribution is 0.0696. The highest BCUT2D eigenvalue weighted by Crippen LogP contribution is 2.25. The molecule has 0 aromatic heterocycles. The zero-order chi connectivity index (χ0) is 11.7. The van der Waals surface area contributed by atoms with Crippen LogP contribution >= 0.6 is 15.9 Å². The number of fused-ring (bicyclic) bond motifs is 1. The zero-order valence-electron chi connectivity index (χ0n) is 8.27. The summed E-state index contributed by atoms with van der Waals surface area (Å²) in [6.07, 6.45) is 0. The number of alkyl halides is 1. The van der Waals surface area contributed by atoms with Crippen LogP contribution in [0.3, 0.4) is 0 Å². The number of aromatic carboxylic acids is 1. The first-order valence-electron chi connectivity index (χ1n) is 4.66. The van der Waals surface area contributed by atoms with Crippen LogP contribution < -0.4 is 0 Å². The van der Waals surface area contributed by atoms with E-state index in [0.717, 1.165) is 16.3 Å². The van der Waals surface area contributed by atoms with Crippen molar-refractivity contribution in [3.8, 4) is 5.75 Å². The van der Waals surface area contributed by atoms with Crippen LogP contribution in [0.1, 0.15) is 15.9 Å². The van der Waals surface area contributed by atoms with E-state index >= 15 is 0 Å². The number of halogens is 1. The van der Waals surface area contributed by atoms with Crippen LogP contribution in [0.5, 0.6) is 5.75 Å². The van der Waals surface area contributed by atoms with E-state index in [0.29, 0.717) is 5.33 Å². The maximum absolute atomic E-state index is 11.0. The third-order valence-corrected chi connectivity index (χ3v) is 3.02. The zero-order valence-corrected chi connectivity index (χ0v) is 9.86. The van der Waals surface area contributed by atoms with Crippen molar-refractivity contribution in [2.24, 2.45) is 0 Å². The van der Waals surface area contributed by atoms with Crippen molar-refractivity contribution in [2.75, 3.05) is 0 Å². The molecule has 0 amide bonds. The predicted octanol–water partition coefficient (Wildman–Crippen LogP) is 3.14. The molecule has 2 aromatic rings. The first kappa shape index (κ1) is 11.0. The van der Waals surface area contributed by atoms with Gasteiger partial charge in [0.1, 0.15) is 5.75 Å². The number of carboxylic acid groups (broad SMARTS) is 1. The molecule has 0 heterocycles. The van der Waals surface area contributed by atoms with E-state index in [4.69, 9.17) is 5.11 Å². The molecule has 3 nitrogen and oxygen atoms in total. The second kappa shape index (κ2) is 4.14. The lowest BCUT2D eigenvalue weighted by Crippen LogP contribution is -2.00. The van der Waals surface area contributed by atoms with Crippen molar-refractivity contribution in [2.45, 2.75) is 5.33 Å². The van der Waals surface area contributed by atoms with Gasteiger partial charge in [0.25, 0.3) is 0 Å². The molecule has 0 spiro atoms. The van der Waals surface area contributed by atoms with Crippen LogP contribution in [0, 0.1) is 0 Å². The summed E-state index contributed by atoms with van der Waals surface area (Å²) in [7, 11) is 0. The molecule has 0 unspecified atom stereocenters. The summed E-state index contributed by atoms with van der Waals surface area (Å²) in [5.41, 5.74) is 0.987. The van der Waals surface area contributed by atoms with Gasteiger partial charge in [0.2, 0.25) is 0 Å². The summed E-state index contributed by atoms with van der Waals surface area (Å²) in [6, 6.07) is 8.30. The van der Waals surface area contributed by atoms with Crippen molar-refractivity contribution in [3.05, 3.63) is 41.5 Å². The summed E-state index contributed by atoms with van der Waals surface area (Å²) in [5.74, 6) is -0.824. The van der Waals surface area contributed by atoms with Gasteiger partial charge in [-0.2, -0.15) is 0 Å². The van der Waals surface area contributed by atoms with Crippen molar-refractivity contribution in [3.63, 3.8) is 0 Å². The Kier molecular flexibility index (Phi) is 2.83. The molecule has 2 rings (SSSR count). The number of rotatable bonds is 2. The molecule has 0 aliphatic rings. The lowest BCUT2D eigenvalue weighted by Gasteiger charge is -2.06. The topological polar surface area (TPSA) is 57.5 Å². The van der Waals surface area contributed by atoms with E-state index in [9.17, 15) is 9.90 Å². The largest absolute Gasteiger partial charge is 0.508 e. The summed E-state index contributed by atoms with van der Waals surface area (Å²) in [6.45, 7) is 0. The van der Waals surface area contributed by atoms with Gasteiger partial charge < -0.3 is 10.2 Å². The Balaban J connectivity index is 2.75. The fourth-order valence-corrected chi connectivity index (χ4v) is 2.11. The summed E-state index contributed by atoms with van der Waals surface area (Å²) >= 11 is 3.26. The van der Waals surface area contributed by atoms with Crippen LogP contribution in [0.4, 0.5) is 0 Å². The van der Waals surface area contributed by atoms with Crippen molar-refractivity contribution in [1.29, 1.82) is 0 Å². The van der Waals surface area contributed by atoms with Gasteiger partial charge in [-0.05, 0) is 40.6 Å². The highest BCUT2D eigenvalue weighted by molar-refractivity contribution is 9.08. The van der Waals surface area contributed by atoms with Gasteiger partial charge in [-0.25, -0.2) is 4.79 Å². The Morgan fingerprint density at radius 2 is 1.94 bits per heavy atom. The molecule has 4 heteroatoms. The van der Waals surface area contributed by atoms with Crippen LogP contribution in [0.2, 0.25) is 0 Å². The number of hydrogen-bond donors (Lipinski definition) is 2.